The Labute approximate surface area is 94.4 Å². The molecule has 0 saturated carbocycles. The molecule has 2 nitrogen and oxygen atoms in total. The third kappa shape index (κ3) is 5.00. The van der Waals surface area contributed by atoms with Crippen LogP contribution in [0.15, 0.2) is 18.2 Å². The van der Waals surface area contributed by atoms with Crippen LogP contribution in [0, 0.1) is 5.82 Å². The van der Waals surface area contributed by atoms with Crippen molar-refractivity contribution in [2.24, 2.45) is 0 Å². The van der Waals surface area contributed by atoms with Gasteiger partial charge in [-0.15, -0.1) is 0 Å². The molecule has 0 atom stereocenters. The Hall–Kier alpha value is -0.800. The SMILES string of the molecule is CC(C)OCCNc1cc(F)cc(Cl)c1. The molecule has 1 aromatic carbocycles. The lowest BCUT2D eigenvalue weighted by molar-refractivity contribution is 0.0870. The van der Waals surface area contributed by atoms with Gasteiger partial charge >= 0.3 is 0 Å². The summed E-state index contributed by atoms with van der Waals surface area (Å²) in [5.41, 5.74) is 0.673. The predicted molar refractivity (Wildman–Crippen MR) is 61.0 cm³/mol. The highest BCUT2D eigenvalue weighted by atomic mass is 35.5. The Kier molecular flexibility index (Phi) is 4.85. The second-order valence-corrected chi connectivity index (χ2v) is 3.94. The fourth-order valence-electron chi connectivity index (χ4n) is 1.15. The number of anilines is 1. The lowest BCUT2D eigenvalue weighted by Gasteiger charge is -2.09. The Morgan fingerprint density at radius 1 is 1.40 bits per heavy atom. The van der Waals surface area contributed by atoms with E-state index in [2.05, 4.69) is 5.32 Å². The van der Waals surface area contributed by atoms with Gasteiger partial charge in [0, 0.05) is 17.3 Å². The van der Waals surface area contributed by atoms with Gasteiger partial charge in [-0.1, -0.05) is 11.6 Å². The van der Waals surface area contributed by atoms with E-state index in [0.29, 0.717) is 23.9 Å². The van der Waals surface area contributed by atoms with Crippen LogP contribution in [0.2, 0.25) is 5.02 Å². The van der Waals surface area contributed by atoms with Crippen molar-refractivity contribution in [3.63, 3.8) is 0 Å². The van der Waals surface area contributed by atoms with Crippen LogP contribution >= 0.6 is 11.6 Å². The first-order valence-electron chi connectivity index (χ1n) is 4.89. The van der Waals surface area contributed by atoms with Gasteiger partial charge in [0.25, 0.3) is 0 Å². The molecule has 0 heterocycles. The summed E-state index contributed by atoms with van der Waals surface area (Å²) in [6, 6.07) is 4.36. The van der Waals surface area contributed by atoms with Gasteiger partial charge in [-0.05, 0) is 32.0 Å². The zero-order chi connectivity index (χ0) is 11.3. The minimum Gasteiger partial charge on any atom is -0.383 e. The van der Waals surface area contributed by atoms with Crippen LogP contribution in [0.3, 0.4) is 0 Å². The minimum absolute atomic E-state index is 0.211. The Bertz CT molecular complexity index is 297. The first-order valence-corrected chi connectivity index (χ1v) is 5.27. The van der Waals surface area contributed by atoms with Crippen molar-refractivity contribution < 1.29 is 9.13 Å². The molecule has 0 unspecified atom stereocenters. The standard InChI is InChI=1S/C11H15ClFNO/c1-8(2)15-4-3-14-11-6-9(12)5-10(13)7-11/h5-8,14H,3-4H2,1-2H3. The van der Waals surface area contributed by atoms with Crippen LogP contribution in [0.5, 0.6) is 0 Å². The van der Waals surface area contributed by atoms with Crippen LogP contribution in [-0.2, 0) is 4.74 Å². The minimum atomic E-state index is -0.338. The number of hydrogen-bond acceptors (Lipinski definition) is 2. The van der Waals surface area contributed by atoms with E-state index in [0.717, 1.165) is 0 Å². The van der Waals surface area contributed by atoms with Gasteiger partial charge in [-0.3, -0.25) is 0 Å². The summed E-state index contributed by atoms with van der Waals surface area (Å²) in [6.07, 6.45) is 0.211. The van der Waals surface area contributed by atoms with Crippen molar-refractivity contribution in [3.05, 3.63) is 29.0 Å². The van der Waals surface area contributed by atoms with Gasteiger partial charge in [-0.25, -0.2) is 4.39 Å². The molecule has 0 saturated heterocycles. The molecular formula is C11H15ClFNO. The summed E-state index contributed by atoms with van der Waals surface area (Å²) < 4.78 is 18.2. The number of ether oxygens (including phenoxy) is 1. The summed E-state index contributed by atoms with van der Waals surface area (Å²) in [7, 11) is 0. The van der Waals surface area contributed by atoms with Crippen LogP contribution in [0.1, 0.15) is 13.8 Å². The highest BCUT2D eigenvalue weighted by Gasteiger charge is 1.98. The van der Waals surface area contributed by atoms with Crippen LogP contribution < -0.4 is 5.32 Å². The maximum absolute atomic E-state index is 12.9. The molecule has 0 aromatic heterocycles. The number of halogens is 2. The predicted octanol–water partition coefficient (Wildman–Crippen LogP) is 3.32. The monoisotopic (exact) mass is 231 g/mol. The zero-order valence-corrected chi connectivity index (χ0v) is 9.64. The second kappa shape index (κ2) is 5.93. The van der Waals surface area contributed by atoms with E-state index >= 15 is 0 Å². The largest absolute Gasteiger partial charge is 0.383 e. The van der Waals surface area contributed by atoms with E-state index in [1.807, 2.05) is 13.8 Å². The van der Waals surface area contributed by atoms with Crippen LogP contribution in [0.25, 0.3) is 0 Å². The quantitative estimate of drug-likeness (QED) is 0.785. The maximum atomic E-state index is 12.9. The topological polar surface area (TPSA) is 21.3 Å². The molecule has 0 aliphatic heterocycles. The van der Waals surface area contributed by atoms with E-state index in [4.69, 9.17) is 16.3 Å². The third-order valence-corrected chi connectivity index (χ3v) is 1.96. The second-order valence-electron chi connectivity index (χ2n) is 3.50. The summed E-state index contributed by atoms with van der Waals surface area (Å²) in [5.74, 6) is -0.338. The molecule has 0 aliphatic rings. The number of benzene rings is 1. The van der Waals surface area contributed by atoms with Crippen LogP contribution in [0.4, 0.5) is 10.1 Å². The molecule has 0 radical (unpaired) electrons. The molecule has 0 aliphatic carbocycles. The molecule has 15 heavy (non-hydrogen) atoms. The molecule has 0 spiro atoms. The lowest BCUT2D eigenvalue weighted by atomic mass is 10.3. The molecule has 1 N–H and O–H groups in total. The summed E-state index contributed by atoms with van der Waals surface area (Å²) in [4.78, 5) is 0. The van der Waals surface area contributed by atoms with E-state index in [-0.39, 0.29) is 11.9 Å². The van der Waals surface area contributed by atoms with Crippen LogP contribution in [-0.4, -0.2) is 19.3 Å². The van der Waals surface area contributed by atoms with Crippen molar-refractivity contribution in [2.45, 2.75) is 20.0 Å². The number of hydrogen-bond donors (Lipinski definition) is 1. The smallest absolute Gasteiger partial charge is 0.126 e. The molecule has 1 rings (SSSR count). The van der Waals surface area contributed by atoms with Gasteiger partial charge in [0.2, 0.25) is 0 Å². The third-order valence-electron chi connectivity index (χ3n) is 1.74. The number of nitrogens with one attached hydrogen (secondary N) is 1. The summed E-state index contributed by atoms with van der Waals surface area (Å²) in [5, 5.41) is 3.42. The van der Waals surface area contributed by atoms with E-state index in [1.54, 1.807) is 6.07 Å². The van der Waals surface area contributed by atoms with E-state index in [1.165, 1.54) is 12.1 Å². The molecular weight excluding hydrogens is 217 g/mol. The fourth-order valence-corrected chi connectivity index (χ4v) is 1.37. The van der Waals surface area contributed by atoms with Crippen molar-refractivity contribution in [1.82, 2.24) is 0 Å². The van der Waals surface area contributed by atoms with Crippen molar-refractivity contribution in [2.75, 3.05) is 18.5 Å². The Morgan fingerprint density at radius 2 is 2.13 bits per heavy atom. The highest BCUT2D eigenvalue weighted by molar-refractivity contribution is 6.30. The van der Waals surface area contributed by atoms with Crippen molar-refractivity contribution in [1.29, 1.82) is 0 Å². The molecule has 0 amide bonds. The van der Waals surface area contributed by atoms with Crippen molar-refractivity contribution >= 4 is 17.3 Å². The molecule has 0 fully saturated rings. The van der Waals surface area contributed by atoms with E-state index < -0.39 is 0 Å². The maximum Gasteiger partial charge on any atom is 0.126 e. The number of rotatable bonds is 5. The molecule has 4 heteroatoms. The Balaban J connectivity index is 2.37. The zero-order valence-electron chi connectivity index (χ0n) is 8.89. The highest BCUT2D eigenvalue weighted by Crippen LogP contribution is 2.17. The van der Waals surface area contributed by atoms with Crippen molar-refractivity contribution in [3.8, 4) is 0 Å². The Morgan fingerprint density at radius 3 is 2.73 bits per heavy atom. The summed E-state index contributed by atoms with van der Waals surface area (Å²) >= 11 is 5.70. The average molecular weight is 232 g/mol. The first-order chi connectivity index (χ1) is 7.08. The van der Waals surface area contributed by atoms with E-state index in [9.17, 15) is 4.39 Å². The van der Waals surface area contributed by atoms with Gasteiger partial charge in [-0.2, -0.15) is 0 Å². The first kappa shape index (κ1) is 12.3. The fraction of sp³-hybridized carbons (Fsp3) is 0.455. The lowest BCUT2D eigenvalue weighted by Crippen LogP contribution is -2.13. The van der Waals surface area contributed by atoms with Gasteiger partial charge in [0.1, 0.15) is 5.82 Å². The summed E-state index contributed by atoms with van der Waals surface area (Å²) in [6.45, 7) is 5.17. The molecule has 0 bridgehead atoms. The average Bonchev–Trinajstić information content (AvgIpc) is 2.10. The molecule has 1 aromatic rings. The van der Waals surface area contributed by atoms with Gasteiger partial charge in [0.15, 0.2) is 0 Å². The van der Waals surface area contributed by atoms with Gasteiger partial charge < -0.3 is 10.1 Å². The normalized spacial score (nSPS) is 10.7. The van der Waals surface area contributed by atoms with Gasteiger partial charge in [0.05, 0.1) is 12.7 Å². The molecule has 84 valence electrons.